The summed E-state index contributed by atoms with van der Waals surface area (Å²) in [6, 6.07) is 28.1. The number of nitrogens with one attached hydrogen (secondary N) is 1. The van der Waals surface area contributed by atoms with Gasteiger partial charge >= 0.3 is 0 Å². The Morgan fingerprint density at radius 2 is 1.47 bits per heavy atom. The third-order valence-electron chi connectivity index (χ3n) is 7.94. The fourth-order valence-corrected chi connectivity index (χ4v) is 7.26. The van der Waals surface area contributed by atoms with E-state index >= 15 is 0 Å². The van der Waals surface area contributed by atoms with Crippen molar-refractivity contribution in [2.75, 3.05) is 10.8 Å². The summed E-state index contributed by atoms with van der Waals surface area (Å²) in [4.78, 5) is 29.9. The molecule has 1 atom stereocenters. The van der Waals surface area contributed by atoms with Crippen molar-refractivity contribution in [3.63, 3.8) is 0 Å². The molecule has 0 radical (unpaired) electrons. The topological polar surface area (TPSA) is 86.8 Å². The van der Waals surface area contributed by atoms with Crippen LogP contribution in [0.4, 0.5) is 10.1 Å². The van der Waals surface area contributed by atoms with E-state index in [2.05, 4.69) is 5.32 Å². The molecule has 1 fully saturated rings. The van der Waals surface area contributed by atoms with E-state index in [-0.39, 0.29) is 35.5 Å². The molecular weight excluding hydrogens is 613 g/mol. The fourth-order valence-electron chi connectivity index (χ4n) is 5.61. The first-order valence-corrected chi connectivity index (χ1v) is 16.7. The highest BCUT2D eigenvalue weighted by Crippen LogP contribution is 2.26. The summed E-state index contributed by atoms with van der Waals surface area (Å²) in [5.41, 5.74) is 1.65. The van der Waals surface area contributed by atoms with Crippen molar-refractivity contribution >= 4 is 39.1 Å². The highest BCUT2D eigenvalue weighted by atomic mass is 35.5. The van der Waals surface area contributed by atoms with E-state index in [1.807, 2.05) is 30.3 Å². The molecule has 0 saturated heterocycles. The molecule has 1 aliphatic rings. The molecule has 0 aromatic heterocycles. The molecule has 234 valence electrons. The maximum Gasteiger partial charge on any atom is 0.264 e. The van der Waals surface area contributed by atoms with Gasteiger partial charge in [-0.15, -0.1) is 0 Å². The third-order valence-corrected chi connectivity index (χ3v) is 9.96. The molecule has 45 heavy (non-hydrogen) atoms. The van der Waals surface area contributed by atoms with E-state index in [0.29, 0.717) is 10.6 Å². The van der Waals surface area contributed by atoms with E-state index in [1.54, 1.807) is 42.5 Å². The molecule has 0 heterocycles. The largest absolute Gasteiger partial charge is 0.352 e. The molecular formula is C35H35ClFN3O4S. The quantitative estimate of drug-likeness (QED) is 0.194. The molecule has 7 nitrogen and oxygen atoms in total. The minimum absolute atomic E-state index is 0.00747. The molecule has 0 bridgehead atoms. The second-order valence-electron chi connectivity index (χ2n) is 11.1. The highest BCUT2D eigenvalue weighted by Gasteiger charge is 2.35. The van der Waals surface area contributed by atoms with Crippen molar-refractivity contribution in [1.82, 2.24) is 10.2 Å². The third kappa shape index (κ3) is 8.29. The lowest BCUT2D eigenvalue weighted by atomic mass is 10.0. The van der Waals surface area contributed by atoms with Gasteiger partial charge in [0.15, 0.2) is 0 Å². The van der Waals surface area contributed by atoms with E-state index in [9.17, 15) is 22.4 Å². The van der Waals surface area contributed by atoms with Crippen LogP contribution in [0.25, 0.3) is 0 Å². The molecule has 1 saturated carbocycles. The van der Waals surface area contributed by atoms with Crippen LogP contribution < -0.4 is 9.62 Å². The van der Waals surface area contributed by atoms with Crippen LogP contribution in [0.15, 0.2) is 114 Å². The van der Waals surface area contributed by atoms with Crippen molar-refractivity contribution in [2.45, 2.75) is 55.6 Å². The zero-order valence-corrected chi connectivity index (χ0v) is 26.3. The van der Waals surface area contributed by atoms with Gasteiger partial charge < -0.3 is 10.2 Å². The Balaban J connectivity index is 1.56. The fraction of sp³-hybridized carbons (Fsp3) is 0.257. The zero-order valence-electron chi connectivity index (χ0n) is 24.7. The van der Waals surface area contributed by atoms with E-state index in [0.717, 1.165) is 47.7 Å². The highest BCUT2D eigenvalue weighted by molar-refractivity contribution is 7.92. The number of hydrogen-bond acceptors (Lipinski definition) is 4. The number of nitrogens with zero attached hydrogens (tertiary/aromatic N) is 2. The average Bonchev–Trinajstić information content (AvgIpc) is 3.56. The second-order valence-corrected chi connectivity index (χ2v) is 13.4. The first-order chi connectivity index (χ1) is 21.7. The van der Waals surface area contributed by atoms with E-state index < -0.39 is 34.3 Å². The van der Waals surface area contributed by atoms with Crippen molar-refractivity contribution in [3.8, 4) is 0 Å². The van der Waals surface area contributed by atoms with Crippen LogP contribution in [0.5, 0.6) is 0 Å². The number of sulfonamides is 1. The van der Waals surface area contributed by atoms with Gasteiger partial charge in [0.2, 0.25) is 11.8 Å². The minimum Gasteiger partial charge on any atom is -0.352 e. The van der Waals surface area contributed by atoms with Gasteiger partial charge in [-0.3, -0.25) is 13.9 Å². The molecule has 5 rings (SSSR count). The molecule has 1 N–H and O–H groups in total. The van der Waals surface area contributed by atoms with Gasteiger partial charge in [-0.25, -0.2) is 12.8 Å². The lowest BCUT2D eigenvalue weighted by Gasteiger charge is -2.34. The van der Waals surface area contributed by atoms with Gasteiger partial charge in [0.05, 0.1) is 10.6 Å². The van der Waals surface area contributed by atoms with Crippen LogP contribution >= 0.6 is 11.6 Å². The zero-order chi connectivity index (χ0) is 31.8. The SMILES string of the molecule is O=C(NC1CCCC1)C(Cc1ccccc1)N(Cc1cccc(Cl)c1)C(=O)CN(c1ccc(F)cc1)S(=O)(=O)c1ccccc1. The number of amides is 2. The second kappa shape index (κ2) is 14.7. The minimum atomic E-state index is -4.26. The molecule has 2 amide bonds. The lowest BCUT2D eigenvalue weighted by Crippen LogP contribution is -2.54. The molecule has 10 heteroatoms. The molecule has 4 aromatic carbocycles. The van der Waals surface area contributed by atoms with Crippen LogP contribution in [0.1, 0.15) is 36.8 Å². The standard InChI is InChI=1S/C35H35ClFN3O4S/c36-28-13-9-12-27(22-28)24-39(33(23-26-10-3-1-4-11-26)35(42)38-30-14-7-8-15-30)34(41)25-40(31-20-18-29(37)19-21-31)45(43,44)32-16-5-2-6-17-32/h1-6,9-13,16-22,30,33H,7-8,14-15,23-25H2,(H,38,42). The summed E-state index contributed by atoms with van der Waals surface area (Å²) < 4.78 is 42.8. The van der Waals surface area contributed by atoms with Crippen molar-refractivity contribution in [3.05, 3.63) is 131 Å². The van der Waals surface area contributed by atoms with Crippen LogP contribution in [0.3, 0.4) is 0 Å². The predicted octanol–water partition coefficient (Wildman–Crippen LogP) is 6.37. The molecule has 1 aliphatic carbocycles. The Bertz CT molecular complexity index is 1700. The maximum atomic E-state index is 14.5. The van der Waals surface area contributed by atoms with E-state index in [1.165, 1.54) is 29.2 Å². The number of rotatable bonds is 12. The average molecular weight is 648 g/mol. The van der Waals surface area contributed by atoms with Crippen molar-refractivity contribution in [1.29, 1.82) is 0 Å². The molecule has 0 spiro atoms. The van der Waals surface area contributed by atoms with Gasteiger partial charge in [0.1, 0.15) is 18.4 Å². The van der Waals surface area contributed by atoms with Crippen molar-refractivity contribution in [2.24, 2.45) is 0 Å². The number of benzene rings is 4. The van der Waals surface area contributed by atoms with Crippen LogP contribution in [0, 0.1) is 5.82 Å². The number of carbonyl (C=O) groups is 2. The van der Waals surface area contributed by atoms with Crippen LogP contribution in [0.2, 0.25) is 5.02 Å². The van der Waals surface area contributed by atoms with E-state index in [4.69, 9.17) is 11.6 Å². The Hall–Kier alpha value is -4.21. The number of carbonyl (C=O) groups excluding carboxylic acids is 2. The van der Waals surface area contributed by atoms with Gasteiger partial charge in [0.25, 0.3) is 10.0 Å². The first kappa shape index (κ1) is 32.2. The van der Waals surface area contributed by atoms with Gasteiger partial charge in [-0.05, 0) is 72.5 Å². The van der Waals surface area contributed by atoms with Gasteiger partial charge in [-0.1, -0.05) is 85.1 Å². The summed E-state index contributed by atoms with van der Waals surface area (Å²) in [7, 11) is -4.26. The summed E-state index contributed by atoms with van der Waals surface area (Å²) in [6.45, 7) is -0.608. The number of hydrogen-bond donors (Lipinski definition) is 1. The van der Waals surface area contributed by atoms with Crippen molar-refractivity contribution < 1.29 is 22.4 Å². The normalized spacial score (nSPS) is 14.1. The molecule has 0 aliphatic heterocycles. The Kier molecular flexibility index (Phi) is 10.5. The summed E-state index contributed by atoms with van der Waals surface area (Å²) in [5, 5.41) is 3.61. The first-order valence-electron chi connectivity index (χ1n) is 14.9. The monoisotopic (exact) mass is 647 g/mol. The van der Waals surface area contributed by atoms with Crippen LogP contribution in [-0.4, -0.2) is 43.8 Å². The van der Waals surface area contributed by atoms with Gasteiger partial charge in [-0.2, -0.15) is 0 Å². The summed E-state index contributed by atoms with van der Waals surface area (Å²) in [6.07, 6.45) is 3.97. The Morgan fingerprint density at radius 3 is 2.11 bits per heavy atom. The molecule has 4 aromatic rings. The number of halogens is 2. The predicted molar refractivity (Wildman–Crippen MR) is 174 cm³/mol. The Labute approximate surface area is 268 Å². The number of anilines is 1. The van der Waals surface area contributed by atoms with Crippen LogP contribution in [-0.2, 0) is 32.6 Å². The summed E-state index contributed by atoms with van der Waals surface area (Å²) >= 11 is 6.30. The summed E-state index contributed by atoms with van der Waals surface area (Å²) in [5.74, 6) is -1.45. The Morgan fingerprint density at radius 1 is 0.844 bits per heavy atom. The maximum absolute atomic E-state index is 14.5. The van der Waals surface area contributed by atoms with Gasteiger partial charge in [0, 0.05) is 24.0 Å². The lowest BCUT2D eigenvalue weighted by molar-refractivity contribution is -0.140. The molecule has 1 unspecified atom stereocenters. The smallest absolute Gasteiger partial charge is 0.264 e.